The average molecular weight is 319 g/mol. The largest absolute Gasteiger partial charge is 0.416 e. The van der Waals surface area contributed by atoms with Crippen LogP contribution in [0.15, 0.2) is 48.8 Å². The molecule has 0 spiro atoms. The highest BCUT2D eigenvalue weighted by atomic mass is 19.4. The molecule has 0 aliphatic carbocycles. The van der Waals surface area contributed by atoms with E-state index in [1.165, 1.54) is 6.07 Å². The molecule has 7 heteroatoms. The molecule has 2 aromatic heterocycles. The van der Waals surface area contributed by atoms with Crippen LogP contribution >= 0.6 is 0 Å². The number of imidazole rings is 1. The Balaban J connectivity index is 2.09. The van der Waals surface area contributed by atoms with Gasteiger partial charge in [0.2, 0.25) is 5.91 Å². The van der Waals surface area contributed by atoms with Gasteiger partial charge >= 0.3 is 6.18 Å². The van der Waals surface area contributed by atoms with Crippen LogP contribution in [0.4, 0.5) is 13.2 Å². The second-order valence-electron chi connectivity index (χ2n) is 5.11. The number of carbonyl (C=O) groups excluding carboxylic acids is 1. The van der Waals surface area contributed by atoms with Crippen molar-refractivity contribution in [3.8, 4) is 11.3 Å². The molecule has 1 amide bonds. The number of primary amides is 1. The van der Waals surface area contributed by atoms with E-state index in [-0.39, 0.29) is 6.42 Å². The van der Waals surface area contributed by atoms with Gasteiger partial charge in [0.1, 0.15) is 5.65 Å². The van der Waals surface area contributed by atoms with Crippen LogP contribution in [0.3, 0.4) is 0 Å². The smallest absolute Gasteiger partial charge is 0.369 e. The van der Waals surface area contributed by atoms with Gasteiger partial charge in [-0.15, -0.1) is 0 Å². The second kappa shape index (κ2) is 5.42. The maximum Gasteiger partial charge on any atom is 0.416 e. The lowest BCUT2D eigenvalue weighted by Gasteiger charge is -2.07. The Morgan fingerprint density at radius 2 is 2.00 bits per heavy atom. The van der Waals surface area contributed by atoms with Crippen molar-refractivity contribution in [2.24, 2.45) is 5.73 Å². The number of rotatable bonds is 3. The van der Waals surface area contributed by atoms with Crippen LogP contribution in [0, 0.1) is 0 Å². The number of hydrogen-bond acceptors (Lipinski definition) is 2. The minimum atomic E-state index is -4.41. The number of pyridine rings is 1. The number of fused-ring (bicyclic) bond motifs is 1. The summed E-state index contributed by atoms with van der Waals surface area (Å²) < 4.78 is 40.1. The van der Waals surface area contributed by atoms with E-state index >= 15 is 0 Å². The number of alkyl halides is 3. The molecular weight excluding hydrogens is 307 g/mol. The van der Waals surface area contributed by atoms with E-state index in [1.807, 2.05) is 0 Å². The monoisotopic (exact) mass is 319 g/mol. The lowest BCUT2D eigenvalue weighted by Crippen LogP contribution is -2.14. The molecule has 3 rings (SSSR count). The molecule has 23 heavy (non-hydrogen) atoms. The first-order chi connectivity index (χ1) is 10.8. The van der Waals surface area contributed by atoms with Crippen LogP contribution in [-0.2, 0) is 17.4 Å². The number of nitrogens with zero attached hydrogens (tertiary/aromatic N) is 2. The van der Waals surface area contributed by atoms with Crippen LogP contribution in [0.5, 0.6) is 0 Å². The molecule has 0 radical (unpaired) electrons. The summed E-state index contributed by atoms with van der Waals surface area (Å²) in [6, 6.07) is 8.40. The molecule has 0 saturated carbocycles. The Morgan fingerprint density at radius 1 is 1.22 bits per heavy atom. The van der Waals surface area contributed by atoms with Crippen LogP contribution in [0.2, 0.25) is 0 Å². The molecular formula is C16H12F3N3O. The molecule has 0 saturated heterocycles. The van der Waals surface area contributed by atoms with Gasteiger partial charge in [-0.2, -0.15) is 13.2 Å². The number of amides is 1. The van der Waals surface area contributed by atoms with Crippen molar-refractivity contribution in [2.75, 3.05) is 0 Å². The summed E-state index contributed by atoms with van der Waals surface area (Å²) in [5, 5.41) is 0. The van der Waals surface area contributed by atoms with Gasteiger partial charge in [-0.1, -0.05) is 18.2 Å². The third-order valence-corrected chi connectivity index (χ3v) is 3.41. The number of hydrogen-bond donors (Lipinski definition) is 1. The number of halogens is 3. The van der Waals surface area contributed by atoms with Gasteiger partial charge in [-0.05, 0) is 18.2 Å². The highest BCUT2D eigenvalue weighted by Gasteiger charge is 2.30. The first kappa shape index (κ1) is 15.1. The second-order valence-corrected chi connectivity index (χ2v) is 5.11. The van der Waals surface area contributed by atoms with Crippen LogP contribution in [0.1, 0.15) is 11.1 Å². The van der Waals surface area contributed by atoms with Crippen molar-refractivity contribution in [2.45, 2.75) is 12.6 Å². The standard InChI is InChI=1S/C16H12F3N3O/c17-16(18,19)12-5-1-3-10(7-12)13-9-22-6-2-4-11(8-14(20)23)15(22)21-13/h1-7,9H,8H2,(H2,20,23). The summed E-state index contributed by atoms with van der Waals surface area (Å²) in [4.78, 5) is 15.5. The van der Waals surface area contributed by atoms with Gasteiger partial charge in [-0.3, -0.25) is 4.79 Å². The quantitative estimate of drug-likeness (QED) is 0.806. The summed E-state index contributed by atoms with van der Waals surface area (Å²) in [5.74, 6) is -0.498. The van der Waals surface area contributed by atoms with Gasteiger partial charge in [0.15, 0.2) is 0 Å². The summed E-state index contributed by atoms with van der Waals surface area (Å²) in [6.07, 6.45) is -1.06. The number of aromatic nitrogens is 2. The van der Waals surface area contributed by atoms with E-state index in [9.17, 15) is 18.0 Å². The predicted octanol–water partition coefficient (Wildman–Crippen LogP) is 3.05. The summed E-state index contributed by atoms with van der Waals surface area (Å²) in [6.45, 7) is 0. The molecule has 0 bridgehead atoms. The minimum Gasteiger partial charge on any atom is -0.369 e. The lowest BCUT2D eigenvalue weighted by molar-refractivity contribution is -0.137. The van der Waals surface area contributed by atoms with E-state index < -0.39 is 17.6 Å². The van der Waals surface area contributed by atoms with Crippen molar-refractivity contribution >= 4 is 11.6 Å². The fourth-order valence-electron chi connectivity index (χ4n) is 2.39. The van der Waals surface area contributed by atoms with Crippen molar-refractivity contribution in [3.63, 3.8) is 0 Å². The summed E-state index contributed by atoms with van der Waals surface area (Å²) >= 11 is 0. The highest BCUT2D eigenvalue weighted by molar-refractivity contribution is 5.79. The van der Waals surface area contributed by atoms with Gasteiger partial charge in [-0.25, -0.2) is 4.98 Å². The van der Waals surface area contributed by atoms with E-state index in [0.717, 1.165) is 12.1 Å². The van der Waals surface area contributed by atoms with Crippen molar-refractivity contribution in [1.29, 1.82) is 0 Å². The predicted molar refractivity (Wildman–Crippen MR) is 78.5 cm³/mol. The molecule has 0 aliphatic heterocycles. The fourth-order valence-corrected chi connectivity index (χ4v) is 2.39. The topological polar surface area (TPSA) is 60.4 Å². The molecule has 0 unspecified atom stereocenters. The zero-order chi connectivity index (χ0) is 16.6. The Labute approximate surface area is 129 Å². The summed E-state index contributed by atoms with van der Waals surface area (Å²) in [5.41, 5.74) is 6.34. The Bertz CT molecular complexity index is 884. The van der Waals surface area contributed by atoms with Crippen LogP contribution in [0.25, 0.3) is 16.9 Å². The Kier molecular flexibility index (Phi) is 3.55. The molecule has 118 valence electrons. The van der Waals surface area contributed by atoms with E-state index in [0.29, 0.717) is 22.5 Å². The van der Waals surface area contributed by atoms with E-state index in [2.05, 4.69) is 4.98 Å². The number of carbonyl (C=O) groups is 1. The van der Waals surface area contributed by atoms with Gasteiger partial charge in [0, 0.05) is 23.5 Å². The molecule has 3 aromatic rings. The summed E-state index contributed by atoms with van der Waals surface area (Å²) in [7, 11) is 0. The highest BCUT2D eigenvalue weighted by Crippen LogP contribution is 2.32. The zero-order valence-corrected chi connectivity index (χ0v) is 11.8. The third-order valence-electron chi connectivity index (χ3n) is 3.41. The normalized spacial score (nSPS) is 11.8. The van der Waals surface area contributed by atoms with Crippen molar-refractivity contribution in [3.05, 3.63) is 59.9 Å². The maximum atomic E-state index is 12.8. The van der Waals surface area contributed by atoms with E-state index in [1.54, 1.807) is 35.0 Å². The van der Waals surface area contributed by atoms with E-state index in [4.69, 9.17) is 5.73 Å². The number of benzene rings is 1. The third kappa shape index (κ3) is 3.03. The molecule has 0 aliphatic rings. The molecule has 0 atom stereocenters. The SMILES string of the molecule is NC(=O)Cc1cccn2cc(-c3cccc(C(F)(F)F)c3)nc12. The Hall–Kier alpha value is -2.83. The van der Waals surface area contributed by atoms with Crippen LogP contribution < -0.4 is 5.73 Å². The van der Waals surface area contributed by atoms with Gasteiger partial charge in [0.05, 0.1) is 17.7 Å². The average Bonchev–Trinajstić information content (AvgIpc) is 2.91. The number of nitrogens with two attached hydrogens (primary N) is 1. The zero-order valence-electron chi connectivity index (χ0n) is 11.8. The molecule has 4 nitrogen and oxygen atoms in total. The first-order valence-corrected chi connectivity index (χ1v) is 6.77. The fraction of sp³-hybridized carbons (Fsp3) is 0.125. The molecule has 2 N–H and O–H groups in total. The minimum absolute atomic E-state index is 0.0172. The van der Waals surface area contributed by atoms with Crippen molar-refractivity contribution in [1.82, 2.24) is 9.38 Å². The molecule has 1 aromatic carbocycles. The Morgan fingerprint density at radius 3 is 2.70 bits per heavy atom. The first-order valence-electron chi connectivity index (χ1n) is 6.77. The molecule has 0 fully saturated rings. The van der Waals surface area contributed by atoms with Crippen LogP contribution in [-0.4, -0.2) is 15.3 Å². The lowest BCUT2D eigenvalue weighted by atomic mass is 10.1. The molecule has 2 heterocycles. The maximum absolute atomic E-state index is 12.8. The van der Waals surface area contributed by atoms with Crippen molar-refractivity contribution < 1.29 is 18.0 Å². The van der Waals surface area contributed by atoms with Gasteiger partial charge in [0.25, 0.3) is 0 Å². The van der Waals surface area contributed by atoms with Gasteiger partial charge < -0.3 is 10.1 Å².